The highest BCUT2D eigenvalue weighted by molar-refractivity contribution is 7.90. The fraction of sp³-hybridized carbons (Fsp3) is 0.438. The number of rotatable bonds is 3. The number of benzene rings is 1. The Hall–Kier alpha value is -2.46. The van der Waals surface area contributed by atoms with Gasteiger partial charge in [0.1, 0.15) is 17.5 Å². The lowest BCUT2D eigenvalue weighted by molar-refractivity contribution is -0.137. The summed E-state index contributed by atoms with van der Waals surface area (Å²) in [5.74, 6) is -1.43. The van der Waals surface area contributed by atoms with Crippen LogP contribution in [0.25, 0.3) is 0 Å². The molecule has 2 aliphatic heterocycles. The van der Waals surface area contributed by atoms with Crippen molar-refractivity contribution in [2.75, 3.05) is 40.3 Å². The van der Waals surface area contributed by atoms with Crippen molar-refractivity contribution in [3.05, 3.63) is 29.8 Å². The molecule has 140 valence electrons. The molecule has 1 aromatic carbocycles. The van der Waals surface area contributed by atoms with Gasteiger partial charge in [0, 0.05) is 26.7 Å². The monoisotopic (exact) mass is 380 g/mol. The molecule has 0 aliphatic carbocycles. The molecule has 26 heavy (non-hydrogen) atoms. The summed E-state index contributed by atoms with van der Waals surface area (Å²) in [6, 6.07) is 5.37. The van der Waals surface area contributed by atoms with E-state index in [9.17, 15) is 22.8 Å². The SMILES string of the molecule is CNC(=O)C1CN(C(=O)CN2C(=O)c3ccccc3S2(=O)=O)CCN1C. The number of likely N-dealkylation sites (N-methyl/N-ethyl adjacent to an activating group) is 2. The van der Waals surface area contributed by atoms with Gasteiger partial charge < -0.3 is 10.2 Å². The molecule has 1 saturated heterocycles. The van der Waals surface area contributed by atoms with Crippen LogP contribution in [0, 0.1) is 0 Å². The summed E-state index contributed by atoms with van der Waals surface area (Å²) in [7, 11) is -0.726. The van der Waals surface area contributed by atoms with Gasteiger partial charge in [-0.2, -0.15) is 0 Å². The largest absolute Gasteiger partial charge is 0.358 e. The summed E-state index contributed by atoms with van der Waals surface area (Å²) >= 11 is 0. The van der Waals surface area contributed by atoms with Crippen molar-refractivity contribution in [3.8, 4) is 0 Å². The maximum atomic E-state index is 12.6. The van der Waals surface area contributed by atoms with E-state index in [0.717, 1.165) is 0 Å². The maximum absolute atomic E-state index is 12.6. The fourth-order valence-electron chi connectivity index (χ4n) is 3.16. The Morgan fingerprint density at radius 1 is 1.23 bits per heavy atom. The molecule has 1 atom stereocenters. The zero-order valence-electron chi connectivity index (χ0n) is 14.5. The molecule has 2 aliphatic rings. The van der Waals surface area contributed by atoms with E-state index in [1.54, 1.807) is 13.1 Å². The van der Waals surface area contributed by atoms with Gasteiger partial charge in [-0.15, -0.1) is 0 Å². The van der Waals surface area contributed by atoms with Crippen LogP contribution in [0.1, 0.15) is 10.4 Å². The molecule has 0 saturated carbocycles. The second-order valence-corrected chi connectivity index (χ2v) is 8.09. The predicted octanol–water partition coefficient (Wildman–Crippen LogP) is -1.28. The molecule has 10 heteroatoms. The fourth-order valence-corrected chi connectivity index (χ4v) is 4.68. The smallest absolute Gasteiger partial charge is 0.269 e. The summed E-state index contributed by atoms with van der Waals surface area (Å²) in [5, 5.41) is 2.55. The Morgan fingerprint density at radius 3 is 2.58 bits per heavy atom. The van der Waals surface area contributed by atoms with Crippen LogP contribution < -0.4 is 5.32 Å². The predicted molar refractivity (Wildman–Crippen MR) is 91.7 cm³/mol. The Labute approximate surface area is 151 Å². The van der Waals surface area contributed by atoms with E-state index in [4.69, 9.17) is 0 Å². The summed E-state index contributed by atoms with van der Waals surface area (Å²) in [6.45, 7) is 0.409. The van der Waals surface area contributed by atoms with Gasteiger partial charge in [-0.3, -0.25) is 19.3 Å². The molecule has 0 spiro atoms. The van der Waals surface area contributed by atoms with Crippen molar-refractivity contribution in [3.63, 3.8) is 0 Å². The van der Waals surface area contributed by atoms with Gasteiger partial charge in [0.15, 0.2) is 0 Å². The Bertz CT molecular complexity index is 869. The van der Waals surface area contributed by atoms with Crippen LogP contribution in [0.15, 0.2) is 29.2 Å². The van der Waals surface area contributed by atoms with Gasteiger partial charge in [-0.05, 0) is 19.2 Å². The van der Waals surface area contributed by atoms with Gasteiger partial charge in [-0.25, -0.2) is 12.7 Å². The van der Waals surface area contributed by atoms with Gasteiger partial charge >= 0.3 is 0 Å². The molecule has 1 unspecified atom stereocenters. The molecule has 9 nitrogen and oxygen atoms in total. The molecular weight excluding hydrogens is 360 g/mol. The van der Waals surface area contributed by atoms with Crippen LogP contribution in [0.5, 0.6) is 0 Å². The third kappa shape index (κ3) is 2.95. The van der Waals surface area contributed by atoms with Gasteiger partial charge in [0.25, 0.3) is 15.9 Å². The number of fused-ring (bicyclic) bond motifs is 1. The lowest BCUT2D eigenvalue weighted by Crippen LogP contribution is -2.59. The van der Waals surface area contributed by atoms with E-state index in [-0.39, 0.29) is 22.9 Å². The molecule has 2 heterocycles. The standard InChI is InChI=1S/C16H20N4O5S/c1-17-15(22)12-9-19(8-7-18(12)2)14(21)10-20-16(23)11-5-3-4-6-13(11)26(20,24)25/h3-6,12H,7-10H2,1-2H3,(H,17,22). The number of nitrogens with one attached hydrogen (secondary N) is 1. The average molecular weight is 380 g/mol. The van der Waals surface area contributed by atoms with Crippen LogP contribution in [-0.4, -0.2) is 86.6 Å². The molecule has 3 rings (SSSR count). The Morgan fingerprint density at radius 2 is 1.92 bits per heavy atom. The number of hydrogen-bond donors (Lipinski definition) is 1. The maximum Gasteiger partial charge on any atom is 0.269 e. The average Bonchev–Trinajstić information content (AvgIpc) is 2.82. The first-order valence-electron chi connectivity index (χ1n) is 8.13. The third-order valence-electron chi connectivity index (χ3n) is 4.74. The number of piperazine rings is 1. The second-order valence-electron chi connectivity index (χ2n) is 6.26. The summed E-state index contributed by atoms with van der Waals surface area (Å²) < 4.78 is 25.7. The zero-order chi connectivity index (χ0) is 19.1. The minimum absolute atomic E-state index is 0.0712. The van der Waals surface area contributed by atoms with E-state index >= 15 is 0 Å². The van der Waals surface area contributed by atoms with E-state index in [1.807, 2.05) is 4.90 Å². The molecule has 1 fully saturated rings. The highest BCUT2D eigenvalue weighted by atomic mass is 32.2. The summed E-state index contributed by atoms with van der Waals surface area (Å²) in [6.07, 6.45) is 0. The van der Waals surface area contributed by atoms with E-state index < -0.39 is 34.4 Å². The van der Waals surface area contributed by atoms with Gasteiger partial charge in [0.2, 0.25) is 11.8 Å². The second kappa shape index (κ2) is 6.69. The molecule has 0 radical (unpaired) electrons. The van der Waals surface area contributed by atoms with E-state index in [0.29, 0.717) is 17.4 Å². The van der Waals surface area contributed by atoms with Crippen molar-refractivity contribution in [1.82, 2.24) is 19.4 Å². The van der Waals surface area contributed by atoms with Crippen molar-refractivity contribution in [2.24, 2.45) is 0 Å². The zero-order valence-corrected chi connectivity index (χ0v) is 15.3. The lowest BCUT2D eigenvalue weighted by atomic mass is 10.1. The van der Waals surface area contributed by atoms with Gasteiger partial charge in [-0.1, -0.05) is 12.1 Å². The first-order chi connectivity index (χ1) is 12.3. The minimum Gasteiger partial charge on any atom is -0.358 e. The quantitative estimate of drug-likeness (QED) is 0.700. The lowest BCUT2D eigenvalue weighted by Gasteiger charge is -2.38. The Kier molecular flexibility index (Phi) is 4.72. The number of nitrogens with zero attached hydrogens (tertiary/aromatic N) is 3. The van der Waals surface area contributed by atoms with Crippen molar-refractivity contribution >= 4 is 27.7 Å². The highest BCUT2D eigenvalue weighted by Crippen LogP contribution is 2.29. The van der Waals surface area contributed by atoms with Crippen LogP contribution in [0.4, 0.5) is 0 Å². The molecule has 0 bridgehead atoms. The molecule has 3 amide bonds. The number of hydrogen-bond acceptors (Lipinski definition) is 6. The highest BCUT2D eigenvalue weighted by Gasteiger charge is 2.43. The summed E-state index contributed by atoms with van der Waals surface area (Å²) in [5.41, 5.74) is 0.0712. The number of sulfonamides is 1. The minimum atomic E-state index is -4.03. The van der Waals surface area contributed by atoms with Crippen molar-refractivity contribution < 1.29 is 22.8 Å². The number of carbonyl (C=O) groups is 3. The molecule has 1 N–H and O–H groups in total. The number of amides is 3. The van der Waals surface area contributed by atoms with E-state index in [1.165, 1.54) is 30.1 Å². The molecular formula is C16H20N4O5S. The van der Waals surface area contributed by atoms with Crippen molar-refractivity contribution in [1.29, 1.82) is 0 Å². The van der Waals surface area contributed by atoms with E-state index in [2.05, 4.69) is 5.32 Å². The van der Waals surface area contributed by atoms with Crippen LogP contribution in [0.2, 0.25) is 0 Å². The van der Waals surface area contributed by atoms with Crippen LogP contribution >= 0.6 is 0 Å². The topological polar surface area (TPSA) is 107 Å². The Balaban J connectivity index is 1.77. The third-order valence-corrected chi connectivity index (χ3v) is 6.53. The van der Waals surface area contributed by atoms with Crippen LogP contribution in [0.3, 0.4) is 0 Å². The normalized spacial score (nSPS) is 22.2. The first kappa shape index (κ1) is 18.3. The number of carbonyl (C=O) groups excluding carboxylic acids is 3. The van der Waals surface area contributed by atoms with Crippen molar-refractivity contribution in [2.45, 2.75) is 10.9 Å². The summed E-state index contributed by atoms with van der Waals surface area (Å²) in [4.78, 5) is 40.1. The molecule has 0 aromatic heterocycles. The first-order valence-corrected chi connectivity index (χ1v) is 9.57. The van der Waals surface area contributed by atoms with Gasteiger partial charge in [0.05, 0.1) is 5.56 Å². The van der Waals surface area contributed by atoms with Crippen LogP contribution in [-0.2, 0) is 19.6 Å². The molecule has 1 aromatic rings.